The van der Waals surface area contributed by atoms with Crippen molar-refractivity contribution < 1.29 is 14.2 Å². The van der Waals surface area contributed by atoms with Gasteiger partial charge in [0.25, 0.3) is 5.97 Å². The molecule has 0 saturated carbocycles. The molecule has 54 heavy (non-hydrogen) atoms. The van der Waals surface area contributed by atoms with E-state index in [2.05, 4.69) is 27.7 Å². The van der Waals surface area contributed by atoms with Crippen LogP contribution < -0.4 is 0 Å². The summed E-state index contributed by atoms with van der Waals surface area (Å²) in [5.41, 5.74) is 0. The fourth-order valence-corrected chi connectivity index (χ4v) is 8.00. The number of ether oxygens (including phenoxy) is 3. The second kappa shape index (κ2) is 47.3. The standard InChI is InChI=1S/C51H104O3/c1-5-9-12-15-18-21-24-27-30-33-36-39-42-45-48-52-51(8-4,53-49-46-43-40-37-34-31-28-25-22-19-16-13-10-6-2)54-50-47-44-41-38-35-32-29-26-23-20-17-14-11-7-3/h5-50H2,1-4H3. The third-order valence-corrected chi connectivity index (χ3v) is 11.9. The van der Waals surface area contributed by atoms with Crippen molar-refractivity contribution in [3.05, 3.63) is 0 Å². The van der Waals surface area contributed by atoms with E-state index in [0.29, 0.717) is 0 Å². The van der Waals surface area contributed by atoms with Crippen LogP contribution in [0, 0.1) is 0 Å². The quantitative estimate of drug-likeness (QED) is 0.0456. The summed E-state index contributed by atoms with van der Waals surface area (Å²) in [5.74, 6) is -0.844. The fraction of sp³-hybridized carbons (Fsp3) is 1.00. The maximum Gasteiger partial charge on any atom is 0.282 e. The molecule has 0 bridgehead atoms. The van der Waals surface area contributed by atoms with Gasteiger partial charge < -0.3 is 14.2 Å². The van der Waals surface area contributed by atoms with Gasteiger partial charge >= 0.3 is 0 Å². The summed E-state index contributed by atoms with van der Waals surface area (Å²) >= 11 is 0. The van der Waals surface area contributed by atoms with Crippen LogP contribution in [0.1, 0.15) is 304 Å². The SMILES string of the molecule is CCCCCCCCCCCCCCCCOC(CC)(OCCCCCCCCCCCCCCCC)OCCCCCCCCCCCCCCCC. The number of rotatable bonds is 49. The first-order valence-corrected chi connectivity index (χ1v) is 25.7. The van der Waals surface area contributed by atoms with Gasteiger partial charge in [-0.25, -0.2) is 0 Å². The number of unbranched alkanes of at least 4 members (excludes halogenated alkanes) is 39. The van der Waals surface area contributed by atoms with Crippen LogP contribution in [0.4, 0.5) is 0 Å². The van der Waals surface area contributed by atoms with E-state index in [1.807, 2.05) is 0 Å². The summed E-state index contributed by atoms with van der Waals surface area (Å²) in [7, 11) is 0. The molecule has 0 rings (SSSR count). The molecule has 0 fully saturated rings. The largest absolute Gasteiger partial charge is 0.327 e. The van der Waals surface area contributed by atoms with Gasteiger partial charge in [0, 0.05) is 6.42 Å². The molecule has 0 heterocycles. The van der Waals surface area contributed by atoms with Crippen molar-refractivity contribution in [2.75, 3.05) is 19.8 Å². The highest BCUT2D eigenvalue weighted by atomic mass is 16.9. The molecule has 0 atom stereocenters. The molecule has 0 aromatic heterocycles. The first kappa shape index (κ1) is 53.9. The lowest BCUT2D eigenvalue weighted by Gasteiger charge is -2.32. The zero-order valence-corrected chi connectivity index (χ0v) is 38.3. The minimum absolute atomic E-state index is 0.753. The maximum atomic E-state index is 6.48. The summed E-state index contributed by atoms with van der Waals surface area (Å²) < 4.78 is 19.4. The topological polar surface area (TPSA) is 27.7 Å². The molecule has 326 valence electrons. The molecule has 0 spiro atoms. The van der Waals surface area contributed by atoms with Crippen LogP contribution in [0.3, 0.4) is 0 Å². The molecule has 0 radical (unpaired) electrons. The predicted molar refractivity (Wildman–Crippen MR) is 242 cm³/mol. The number of hydrogen-bond donors (Lipinski definition) is 0. The minimum Gasteiger partial charge on any atom is -0.327 e. The van der Waals surface area contributed by atoms with Crippen molar-refractivity contribution >= 4 is 0 Å². The first-order valence-electron chi connectivity index (χ1n) is 25.7. The minimum atomic E-state index is -0.844. The Morgan fingerprint density at radius 2 is 0.352 bits per heavy atom. The summed E-state index contributed by atoms with van der Waals surface area (Å²) in [6, 6.07) is 0. The molecule has 3 nitrogen and oxygen atoms in total. The summed E-state index contributed by atoms with van der Waals surface area (Å²) in [6.45, 7) is 11.4. The van der Waals surface area contributed by atoms with Gasteiger partial charge in [-0.3, -0.25) is 0 Å². The molecule has 0 unspecified atom stereocenters. The Balaban J connectivity index is 4.20. The van der Waals surface area contributed by atoms with E-state index in [-0.39, 0.29) is 0 Å². The highest BCUT2D eigenvalue weighted by Crippen LogP contribution is 2.24. The summed E-state index contributed by atoms with van der Waals surface area (Å²) in [5, 5.41) is 0. The molecular weight excluding hydrogens is 661 g/mol. The Kier molecular flexibility index (Phi) is 47.2. The molecule has 0 aromatic carbocycles. The van der Waals surface area contributed by atoms with Gasteiger partial charge in [0.05, 0.1) is 19.8 Å². The van der Waals surface area contributed by atoms with Crippen LogP contribution in [-0.4, -0.2) is 25.8 Å². The molecule has 0 saturated heterocycles. The Morgan fingerprint density at radius 1 is 0.204 bits per heavy atom. The van der Waals surface area contributed by atoms with Gasteiger partial charge in [0.15, 0.2) is 0 Å². The Bertz CT molecular complexity index is 567. The van der Waals surface area contributed by atoms with Gasteiger partial charge in [-0.1, -0.05) is 278 Å². The van der Waals surface area contributed by atoms with Gasteiger partial charge in [-0.05, 0) is 19.3 Å². The van der Waals surface area contributed by atoms with E-state index in [4.69, 9.17) is 14.2 Å². The predicted octanol–water partition coefficient (Wildman–Crippen LogP) is 18.5. The fourth-order valence-electron chi connectivity index (χ4n) is 8.00. The van der Waals surface area contributed by atoms with E-state index in [1.54, 1.807) is 0 Å². The Morgan fingerprint density at radius 3 is 0.500 bits per heavy atom. The lowest BCUT2D eigenvalue weighted by atomic mass is 10.0. The van der Waals surface area contributed by atoms with Crippen LogP contribution in [0.15, 0.2) is 0 Å². The van der Waals surface area contributed by atoms with Crippen molar-refractivity contribution in [2.45, 2.75) is 310 Å². The molecular formula is C51H104O3. The van der Waals surface area contributed by atoms with Crippen LogP contribution >= 0.6 is 0 Å². The van der Waals surface area contributed by atoms with Gasteiger partial charge in [0.2, 0.25) is 0 Å². The van der Waals surface area contributed by atoms with Crippen molar-refractivity contribution in [3.8, 4) is 0 Å². The summed E-state index contributed by atoms with van der Waals surface area (Å²) in [4.78, 5) is 0. The second-order valence-electron chi connectivity index (χ2n) is 17.4. The van der Waals surface area contributed by atoms with Crippen LogP contribution in [-0.2, 0) is 14.2 Å². The molecule has 0 N–H and O–H groups in total. The van der Waals surface area contributed by atoms with Gasteiger partial charge in [-0.2, -0.15) is 0 Å². The normalized spacial score (nSPS) is 12.0. The molecule has 3 heteroatoms. The highest BCUT2D eigenvalue weighted by molar-refractivity contribution is 4.59. The van der Waals surface area contributed by atoms with Crippen LogP contribution in [0.2, 0.25) is 0 Å². The third-order valence-electron chi connectivity index (χ3n) is 11.9. The zero-order valence-electron chi connectivity index (χ0n) is 38.3. The average Bonchev–Trinajstić information content (AvgIpc) is 3.19. The van der Waals surface area contributed by atoms with Crippen molar-refractivity contribution in [1.29, 1.82) is 0 Å². The Labute approximate surface area is 342 Å². The maximum absolute atomic E-state index is 6.48. The molecule has 0 aromatic rings. The van der Waals surface area contributed by atoms with E-state index >= 15 is 0 Å². The van der Waals surface area contributed by atoms with E-state index in [9.17, 15) is 0 Å². The molecule has 0 aliphatic carbocycles. The first-order chi connectivity index (χ1) is 26.7. The van der Waals surface area contributed by atoms with Crippen LogP contribution in [0.25, 0.3) is 0 Å². The van der Waals surface area contributed by atoms with Gasteiger partial charge in [-0.15, -0.1) is 0 Å². The monoisotopic (exact) mass is 765 g/mol. The highest BCUT2D eigenvalue weighted by Gasteiger charge is 2.31. The van der Waals surface area contributed by atoms with Crippen molar-refractivity contribution in [1.82, 2.24) is 0 Å². The lowest BCUT2D eigenvalue weighted by Crippen LogP contribution is -2.39. The van der Waals surface area contributed by atoms with E-state index < -0.39 is 5.97 Å². The van der Waals surface area contributed by atoms with Crippen molar-refractivity contribution in [3.63, 3.8) is 0 Å². The second-order valence-corrected chi connectivity index (χ2v) is 17.4. The number of hydrogen-bond acceptors (Lipinski definition) is 3. The van der Waals surface area contributed by atoms with Crippen LogP contribution in [0.5, 0.6) is 0 Å². The molecule has 0 aliphatic rings. The smallest absolute Gasteiger partial charge is 0.282 e. The Hall–Kier alpha value is -0.120. The molecule has 0 amide bonds. The van der Waals surface area contributed by atoms with E-state index in [0.717, 1.165) is 45.5 Å². The lowest BCUT2D eigenvalue weighted by molar-refractivity contribution is -0.382. The summed E-state index contributed by atoms with van der Waals surface area (Å²) in [6.07, 6.45) is 58.8. The zero-order chi connectivity index (χ0) is 39.1. The third kappa shape index (κ3) is 41.5. The van der Waals surface area contributed by atoms with Crippen molar-refractivity contribution in [2.24, 2.45) is 0 Å². The van der Waals surface area contributed by atoms with Gasteiger partial charge in [0.1, 0.15) is 0 Å². The van der Waals surface area contributed by atoms with E-state index in [1.165, 1.54) is 250 Å². The molecule has 0 aliphatic heterocycles. The average molecular weight is 765 g/mol.